The average Bonchev–Trinajstić information content (AvgIpc) is 2.74. The molecule has 3 rings (SSSR count). The number of anilines is 1. The molecule has 0 radical (unpaired) electrons. The Morgan fingerprint density at radius 3 is 2.43 bits per heavy atom. The molecule has 0 aliphatic rings. The van der Waals surface area contributed by atoms with E-state index < -0.39 is 45.6 Å². The summed E-state index contributed by atoms with van der Waals surface area (Å²) in [4.78, 5) is 13.0. The van der Waals surface area contributed by atoms with Crippen molar-refractivity contribution in [1.29, 1.82) is 4.78 Å². The number of carbonyl (C=O) groups excluding carboxylic acids is 1. The van der Waals surface area contributed by atoms with Gasteiger partial charge in [-0.3, -0.25) is 4.79 Å². The highest BCUT2D eigenvalue weighted by atomic mass is 32.2. The number of hydrogen-bond acceptors (Lipinski definition) is 7. The summed E-state index contributed by atoms with van der Waals surface area (Å²) in [6.07, 6.45) is -3.74. The van der Waals surface area contributed by atoms with Crippen LogP contribution in [0.3, 0.4) is 0 Å². The maximum absolute atomic E-state index is 13.2. The first-order valence-electron chi connectivity index (χ1n) is 9.57. The first-order chi connectivity index (χ1) is 16.2. The lowest BCUT2D eigenvalue weighted by molar-refractivity contribution is -0.141. The molecule has 1 heterocycles. The average molecular weight is 516 g/mol. The fraction of sp³-hybridized carbons (Fsp3) is 0.190. The quantitative estimate of drug-likeness (QED) is 0.402. The minimum Gasteiger partial charge on any atom is -0.437 e. The predicted molar refractivity (Wildman–Crippen MR) is 114 cm³/mol. The Morgan fingerprint density at radius 2 is 1.83 bits per heavy atom. The van der Waals surface area contributed by atoms with Crippen molar-refractivity contribution >= 4 is 21.3 Å². The van der Waals surface area contributed by atoms with E-state index in [9.17, 15) is 31.0 Å². The molecule has 1 amide bonds. The van der Waals surface area contributed by atoms with Crippen LogP contribution in [0.4, 0.5) is 27.6 Å². The van der Waals surface area contributed by atoms with E-state index >= 15 is 0 Å². The number of halogens is 5. The lowest BCUT2D eigenvalue weighted by Gasteiger charge is -2.14. The summed E-state index contributed by atoms with van der Waals surface area (Å²) in [5.74, 6) is -1.82. The van der Waals surface area contributed by atoms with E-state index in [2.05, 4.69) is 20.3 Å². The fourth-order valence-electron chi connectivity index (χ4n) is 2.79. The third-order valence-corrected chi connectivity index (χ3v) is 5.57. The van der Waals surface area contributed by atoms with Crippen molar-refractivity contribution in [3.63, 3.8) is 0 Å². The molecule has 0 aliphatic carbocycles. The number of rotatable bonds is 7. The summed E-state index contributed by atoms with van der Waals surface area (Å²) < 4.78 is 93.8. The molecule has 186 valence electrons. The minimum atomic E-state index is -4.91. The van der Waals surface area contributed by atoms with Gasteiger partial charge in [-0.15, -0.1) is 10.2 Å². The second-order valence-corrected chi connectivity index (χ2v) is 9.34. The first kappa shape index (κ1) is 25.8. The van der Waals surface area contributed by atoms with Gasteiger partial charge in [-0.1, -0.05) is 6.07 Å². The van der Waals surface area contributed by atoms with Gasteiger partial charge < -0.3 is 14.8 Å². The molecule has 0 aliphatic heterocycles. The van der Waals surface area contributed by atoms with Crippen molar-refractivity contribution in [3.05, 3.63) is 65.4 Å². The molecule has 1 atom stereocenters. The van der Waals surface area contributed by atoms with Crippen LogP contribution in [0.5, 0.6) is 17.4 Å². The van der Waals surface area contributed by atoms with Crippen LogP contribution in [0, 0.1) is 11.7 Å². The van der Waals surface area contributed by atoms with Crippen LogP contribution >= 0.6 is 0 Å². The highest BCUT2D eigenvalue weighted by molar-refractivity contribution is 7.91. The molecule has 14 heteroatoms. The summed E-state index contributed by atoms with van der Waals surface area (Å²) >= 11 is 0. The molecule has 3 aromatic rings. The predicted octanol–water partition coefficient (Wildman–Crippen LogP) is 5.49. The molecule has 0 saturated heterocycles. The molecular weight excluding hydrogens is 499 g/mol. The van der Waals surface area contributed by atoms with Gasteiger partial charge in [0.25, 0.3) is 11.8 Å². The number of benzene rings is 2. The van der Waals surface area contributed by atoms with Crippen LogP contribution in [0.25, 0.3) is 0 Å². The molecule has 2 aromatic carbocycles. The smallest absolute Gasteiger partial charge is 0.435 e. The molecule has 0 bridgehead atoms. The monoisotopic (exact) mass is 516 g/mol. The van der Waals surface area contributed by atoms with E-state index in [1.807, 2.05) is 0 Å². The molecule has 35 heavy (non-hydrogen) atoms. The largest absolute Gasteiger partial charge is 0.437 e. The molecule has 0 saturated carbocycles. The zero-order valence-corrected chi connectivity index (χ0v) is 18.8. The molecule has 0 fully saturated rings. The Balaban J connectivity index is 1.98. The number of nitrogens with one attached hydrogen (secondary N) is 2. The van der Waals surface area contributed by atoms with Crippen LogP contribution in [0.15, 0.2) is 53.4 Å². The van der Waals surface area contributed by atoms with Crippen molar-refractivity contribution < 1.29 is 40.4 Å². The molecular formula is C21H17F5N4O4S. The lowest BCUT2D eigenvalue weighted by Crippen LogP contribution is -2.18. The summed E-state index contributed by atoms with van der Waals surface area (Å²) in [5, 5.41) is 8.81. The number of aryl methyl sites for hydroxylation is 1. The third kappa shape index (κ3) is 6.62. The highest BCUT2D eigenvalue weighted by Gasteiger charge is 2.35. The summed E-state index contributed by atoms with van der Waals surface area (Å²) in [6, 6.07) is 9.45. The van der Waals surface area contributed by atoms with Crippen molar-refractivity contribution in [2.24, 2.45) is 0 Å². The van der Waals surface area contributed by atoms with Gasteiger partial charge in [0.2, 0.25) is 0 Å². The van der Waals surface area contributed by atoms with Gasteiger partial charge in [-0.2, -0.15) is 22.0 Å². The van der Waals surface area contributed by atoms with E-state index in [4.69, 9.17) is 9.52 Å². The van der Waals surface area contributed by atoms with Gasteiger partial charge in [0.05, 0.1) is 9.73 Å². The van der Waals surface area contributed by atoms with Crippen molar-refractivity contribution in [2.75, 3.05) is 11.6 Å². The highest BCUT2D eigenvalue weighted by Crippen LogP contribution is 2.33. The Bertz CT molecular complexity index is 1360. The van der Waals surface area contributed by atoms with E-state index in [0.717, 1.165) is 6.07 Å². The maximum atomic E-state index is 13.2. The lowest BCUT2D eigenvalue weighted by atomic mass is 10.2. The van der Waals surface area contributed by atoms with E-state index in [1.54, 1.807) is 0 Å². The van der Waals surface area contributed by atoms with Gasteiger partial charge in [-0.25, -0.2) is 8.99 Å². The number of alkyl halides is 5. The molecule has 2 N–H and O–H groups in total. The Morgan fingerprint density at radius 1 is 1.11 bits per heavy atom. The standard InChI is InChI=1S/C21H17F5N4O4S/c1-11-8-13(33-20(22)23)6-7-16(11)34-19-15(10-17(29-30-19)21(24,25)26)18(31)28-12-4-3-5-14(9-12)35(2,27)32/h3-10,20,27H,1-2H3,(H,28,31). The number of nitrogens with zero attached hydrogens (tertiary/aromatic N) is 2. The van der Waals surface area contributed by atoms with Crippen molar-refractivity contribution in [2.45, 2.75) is 24.6 Å². The number of aromatic nitrogens is 2. The minimum absolute atomic E-state index is 0.00310. The number of hydrogen-bond donors (Lipinski definition) is 2. The van der Waals surface area contributed by atoms with Gasteiger partial charge >= 0.3 is 12.8 Å². The summed E-state index contributed by atoms with van der Waals surface area (Å²) in [7, 11) is -3.12. The van der Waals surface area contributed by atoms with Crippen LogP contribution in [-0.4, -0.2) is 33.2 Å². The zero-order valence-electron chi connectivity index (χ0n) is 18.0. The van der Waals surface area contributed by atoms with Gasteiger partial charge in [-0.05, 0) is 55.0 Å². The maximum Gasteiger partial charge on any atom is 0.435 e. The molecule has 1 unspecified atom stereocenters. The number of amides is 1. The van der Waals surface area contributed by atoms with Crippen LogP contribution in [0.2, 0.25) is 0 Å². The number of carbonyl (C=O) groups is 1. The van der Waals surface area contributed by atoms with Gasteiger partial charge in [0.1, 0.15) is 17.1 Å². The summed E-state index contributed by atoms with van der Waals surface area (Å²) in [6.45, 7) is -1.61. The van der Waals surface area contributed by atoms with E-state index in [1.165, 1.54) is 49.6 Å². The second kappa shape index (κ2) is 9.82. The number of ether oxygens (including phenoxy) is 2. The van der Waals surface area contributed by atoms with Gasteiger partial charge in [0.15, 0.2) is 5.69 Å². The van der Waals surface area contributed by atoms with Crippen LogP contribution in [-0.2, 0) is 15.9 Å². The molecule has 1 aromatic heterocycles. The van der Waals surface area contributed by atoms with Crippen LogP contribution < -0.4 is 14.8 Å². The Labute approximate surface area is 196 Å². The fourth-order valence-corrected chi connectivity index (χ4v) is 3.48. The van der Waals surface area contributed by atoms with E-state index in [0.29, 0.717) is 6.07 Å². The third-order valence-electron chi connectivity index (χ3n) is 4.41. The van der Waals surface area contributed by atoms with E-state index in [-0.39, 0.29) is 27.6 Å². The normalized spacial score (nSPS) is 13.3. The van der Waals surface area contributed by atoms with Crippen molar-refractivity contribution in [3.8, 4) is 17.4 Å². The van der Waals surface area contributed by atoms with Gasteiger partial charge in [0, 0.05) is 16.8 Å². The molecule has 0 spiro atoms. The van der Waals surface area contributed by atoms with Crippen LogP contribution in [0.1, 0.15) is 21.6 Å². The topological polar surface area (TPSA) is 114 Å². The second-order valence-electron chi connectivity index (χ2n) is 7.18. The van der Waals surface area contributed by atoms with Crippen molar-refractivity contribution in [1.82, 2.24) is 10.2 Å². The molecule has 8 nitrogen and oxygen atoms in total. The Hall–Kier alpha value is -3.81. The Kier molecular flexibility index (Phi) is 7.24. The SMILES string of the molecule is Cc1cc(OC(F)F)ccc1Oc1nnc(C(F)(F)F)cc1C(=O)Nc1cccc(S(C)(=N)=O)c1. The zero-order chi connectivity index (χ0) is 26.0. The summed E-state index contributed by atoms with van der Waals surface area (Å²) in [5.41, 5.74) is -1.76. The first-order valence-corrected chi connectivity index (χ1v) is 11.5.